The molecule has 0 atom stereocenters. The molecule has 0 saturated carbocycles. The normalized spacial score (nSPS) is 11.5. The quantitative estimate of drug-likeness (QED) is 0.763. The van der Waals surface area contributed by atoms with E-state index in [0.29, 0.717) is 30.1 Å². The molecule has 0 saturated heterocycles. The van der Waals surface area contributed by atoms with Gasteiger partial charge in [-0.2, -0.15) is 0 Å². The molecule has 1 N–H and O–H groups in total. The number of nitrogens with zero attached hydrogens (tertiary/aromatic N) is 3. The van der Waals surface area contributed by atoms with E-state index in [-0.39, 0.29) is 11.2 Å². The molecule has 7 heteroatoms. The Morgan fingerprint density at radius 3 is 2.50 bits per heavy atom. The van der Waals surface area contributed by atoms with Crippen LogP contribution < -0.4 is 16.0 Å². The van der Waals surface area contributed by atoms with Gasteiger partial charge >= 0.3 is 5.69 Å². The van der Waals surface area contributed by atoms with Crippen molar-refractivity contribution in [3.05, 3.63) is 56.0 Å². The van der Waals surface area contributed by atoms with E-state index in [4.69, 9.17) is 4.74 Å². The van der Waals surface area contributed by atoms with Crippen LogP contribution >= 0.6 is 0 Å². The Kier molecular flexibility index (Phi) is 4.79. The van der Waals surface area contributed by atoms with Crippen molar-refractivity contribution in [2.75, 3.05) is 7.11 Å². The number of hydrogen-bond donors (Lipinski definition) is 1. The summed E-state index contributed by atoms with van der Waals surface area (Å²) in [4.78, 5) is 32.4. The molecular formula is C19H22N4O3. The van der Waals surface area contributed by atoms with Gasteiger partial charge in [0.1, 0.15) is 17.1 Å². The first kappa shape index (κ1) is 17.7. The highest BCUT2D eigenvalue weighted by atomic mass is 16.5. The van der Waals surface area contributed by atoms with Crippen molar-refractivity contribution in [2.24, 2.45) is 0 Å². The monoisotopic (exact) mass is 354 g/mol. The molecule has 7 nitrogen and oxygen atoms in total. The zero-order valence-corrected chi connectivity index (χ0v) is 15.4. The summed E-state index contributed by atoms with van der Waals surface area (Å²) in [6.45, 7) is 6.38. The maximum atomic E-state index is 12.5. The smallest absolute Gasteiger partial charge is 0.332 e. The van der Waals surface area contributed by atoms with Gasteiger partial charge in [-0.3, -0.25) is 13.9 Å². The van der Waals surface area contributed by atoms with Gasteiger partial charge in [0.05, 0.1) is 7.11 Å². The van der Waals surface area contributed by atoms with E-state index in [1.165, 1.54) is 9.13 Å². The molecule has 0 fully saturated rings. The van der Waals surface area contributed by atoms with Gasteiger partial charge in [-0.1, -0.05) is 12.1 Å². The Morgan fingerprint density at radius 1 is 1.15 bits per heavy atom. The molecule has 0 aliphatic rings. The summed E-state index contributed by atoms with van der Waals surface area (Å²) >= 11 is 0. The fourth-order valence-electron chi connectivity index (χ4n) is 3.01. The third-order valence-electron chi connectivity index (χ3n) is 4.36. The van der Waals surface area contributed by atoms with Crippen molar-refractivity contribution in [1.29, 1.82) is 0 Å². The molecule has 0 aliphatic heterocycles. The fraction of sp³-hybridized carbons (Fsp3) is 0.316. The summed E-state index contributed by atoms with van der Waals surface area (Å²) in [7, 11) is 1.64. The largest absolute Gasteiger partial charge is 0.496 e. The first-order valence-corrected chi connectivity index (χ1v) is 8.56. The molecule has 0 amide bonds. The van der Waals surface area contributed by atoms with Crippen LogP contribution in [0.15, 0.2) is 27.8 Å². The third-order valence-corrected chi connectivity index (χ3v) is 4.36. The van der Waals surface area contributed by atoms with E-state index in [1.807, 2.05) is 38.1 Å². The van der Waals surface area contributed by atoms with E-state index in [2.05, 4.69) is 9.97 Å². The van der Waals surface area contributed by atoms with Crippen LogP contribution in [-0.4, -0.2) is 26.2 Å². The summed E-state index contributed by atoms with van der Waals surface area (Å²) < 4.78 is 7.98. The molecular weight excluding hydrogens is 332 g/mol. The average molecular weight is 354 g/mol. The lowest BCUT2D eigenvalue weighted by molar-refractivity contribution is 0.411. The van der Waals surface area contributed by atoms with Gasteiger partial charge < -0.3 is 9.72 Å². The SMILES string of the molecule is CCn1c(=O)c2[nH]c(/C=C/c3ccc(OC)c(C)c3)nc2n(CC)c1=O. The number of fused-ring (bicyclic) bond motifs is 1. The minimum atomic E-state index is -0.343. The molecule has 2 aromatic heterocycles. The minimum Gasteiger partial charge on any atom is -0.496 e. The molecule has 0 spiro atoms. The number of aryl methyl sites for hydroxylation is 2. The summed E-state index contributed by atoms with van der Waals surface area (Å²) in [5.41, 5.74) is 2.08. The van der Waals surface area contributed by atoms with Crippen molar-refractivity contribution >= 4 is 23.3 Å². The Hall–Kier alpha value is -3.09. The second-order valence-corrected chi connectivity index (χ2v) is 5.96. The Bertz CT molecular complexity index is 1100. The number of benzene rings is 1. The predicted molar refractivity (Wildman–Crippen MR) is 103 cm³/mol. The standard InChI is InChI=1S/C19H22N4O3/c1-5-22-17-16(18(24)23(6-2)19(22)25)20-15(21-17)10-8-13-7-9-14(26-4)12(3)11-13/h7-11H,5-6H2,1-4H3,(H,20,21)/b10-8+. The maximum absolute atomic E-state index is 12.5. The number of H-pyrrole nitrogens is 1. The van der Waals surface area contributed by atoms with Crippen molar-refractivity contribution in [2.45, 2.75) is 33.9 Å². The van der Waals surface area contributed by atoms with Crippen LogP contribution in [0, 0.1) is 6.92 Å². The van der Waals surface area contributed by atoms with E-state index >= 15 is 0 Å². The highest BCUT2D eigenvalue weighted by Crippen LogP contribution is 2.19. The summed E-state index contributed by atoms with van der Waals surface area (Å²) in [6, 6.07) is 5.85. The zero-order chi connectivity index (χ0) is 18.8. The van der Waals surface area contributed by atoms with E-state index in [9.17, 15) is 9.59 Å². The first-order chi connectivity index (χ1) is 12.5. The van der Waals surface area contributed by atoms with Crippen molar-refractivity contribution in [3.63, 3.8) is 0 Å². The molecule has 0 aliphatic carbocycles. The van der Waals surface area contributed by atoms with Gasteiger partial charge in [-0.25, -0.2) is 9.78 Å². The van der Waals surface area contributed by atoms with Crippen molar-refractivity contribution in [1.82, 2.24) is 19.1 Å². The van der Waals surface area contributed by atoms with Crippen LogP contribution in [-0.2, 0) is 13.1 Å². The minimum absolute atomic E-state index is 0.322. The lowest BCUT2D eigenvalue weighted by Crippen LogP contribution is -2.39. The van der Waals surface area contributed by atoms with Gasteiger partial charge in [0, 0.05) is 13.1 Å². The number of aromatic amines is 1. The molecule has 3 rings (SSSR count). The van der Waals surface area contributed by atoms with Crippen LogP contribution in [0.2, 0.25) is 0 Å². The number of imidazole rings is 1. The Morgan fingerprint density at radius 2 is 1.88 bits per heavy atom. The van der Waals surface area contributed by atoms with Crippen LogP contribution in [0.25, 0.3) is 23.3 Å². The summed E-state index contributed by atoms with van der Waals surface area (Å²) in [5.74, 6) is 1.36. The second kappa shape index (κ2) is 7.03. The van der Waals surface area contributed by atoms with E-state index < -0.39 is 0 Å². The number of aromatic nitrogens is 4. The van der Waals surface area contributed by atoms with Gasteiger partial charge in [0.2, 0.25) is 0 Å². The Labute approximate surface area is 150 Å². The van der Waals surface area contributed by atoms with Crippen LogP contribution in [0.4, 0.5) is 0 Å². The maximum Gasteiger partial charge on any atom is 0.332 e. The lowest BCUT2D eigenvalue weighted by atomic mass is 10.1. The second-order valence-electron chi connectivity index (χ2n) is 5.96. The van der Waals surface area contributed by atoms with Gasteiger partial charge in [0.15, 0.2) is 5.65 Å². The molecule has 2 heterocycles. The number of rotatable bonds is 5. The fourth-order valence-corrected chi connectivity index (χ4v) is 3.01. The highest BCUT2D eigenvalue weighted by molar-refractivity contribution is 5.75. The molecule has 0 radical (unpaired) electrons. The van der Waals surface area contributed by atoms with Crippen LogP contribution in [0.5, 0.6) is 5.75 Å². The van der Waals surface area contributed by atoms with E-state index in [1.54, 1.807) is 20.1 Å². The predicted octanol–water partition coefficient (Wildman–Crippen LogP) is 2.41. The first-order valence-electron chi connectivity index (χ1n) is 8.56. The zero-order valence-electron chi connectivity index (χ0n) is 15.4. The summed E-state index contributed by atoms with van der Waals surface area (Å²) in [6.07, 6.45) is 3.69. The molecule has 26 heavy (non-hydrogen) atoms. The average Bonchev–Trinajstić information content (AvgIpc) is 3.05. The molecule has 1 aromatic carbocycles. The third kappa shape index (κ3) is 2.96. The number of methoxy groups -OCH3 is 1. The van der Waals surface area contributed by atoms with Gasteiger partial charge in [-0.05, 0) is 50.1 Å². The molecule has 0 unspecified atom stereocenters. The number of hydrogen-bond acceptors (Lipinski definition) is 4. The van der Waals surface area contributed by atoms with Crippen LogP contribution in [0.3, 0.4) is 0 Å². The topological polar surface area (TPSA) is 81.9 Å². The van der Waals surface area contributed by atoms with Gasteiger partial charge in [-0.15, -0.1) is 0 Å². The highest BCUT2D eigenvalue weighted by Gasteiger charge is 2.14. The molecule has 3 aromatic rings. The van der Waals surface area contributed by atoms with Crippen LogP contribution in [0.1, 0.15) is 30.8 Å². The Balaban J connectivity index is 2.07. The van der Waals surface area contributed by atoms with E-state index in [0.717, 1.165) is 16.9 Å². The summed E-state index contributed by atoms with van der Waals surface area (Å²) in [5, 5.41) is 0. The lowest BCUT2D eigenvalue weighted by Gasteiger charge is -2.06. The van der Waals surface area contributed by atoms with Gasteiger partial charge in [0.25, 0.3) is 5.56 Å². The van der Waals surface area contributed by atoms with Crippen molar-refractivity contribution in [3.8, 4) is 5.75 Å². The molecule has 0 bridgehead atoms. The molecule has 136 valence electrons. The number of ether oxygens (including phenoxy) is 1. The van der Waals surface area contributed by atoms with Crippen molar-refractivity contribution < 1.29 is 4.74 Å². The number of nitrogens with one attached hydrogen (secondary N) is 1.